The van der Waals surface area contributed by atoms with Gasteiger partial charge in [-0.25, -0.2) is 0 Å². The molecular formula is C36H36O8Sn. The molecule has 4 aliphatic rings. The molecular weight excluding hydrogens is 679 g/mol. The van der Waals surface area contributed by atoms with Crippen molar-refractivity contribution in [3.05, 3.63) is 119 Å². The van der Waals surface area contributed by atoms with E-state index in [9.17, 15) is 0 Å². The summed E-state index contributed by atoms with van der Waals surface area (Å²) in [6.45, 7) is 4.87. The molecule has 8 nitrogen and oxygen atoms in total. The predicted molar refractivity (Wildman–Crippen MR) is 169 cm³/mol. The Labute approximate surface area is 266 Å². The van der Waals surface area contributed by atoms with Crippen molar-refractivity contribution < 1.29 is 37.9 Å². The number of rotatable bonds is 8. The van der Waals surface area contributed by atoms with Crippen LogP contribution in [0.1, 0.15) is 47.4 Å². The first-order valence-electron chi connectivity index (χ1n) is 15.6. The fourth-order valence-corrected chi connectivity index (χ4v) is 20.1. The molecule has 0 amide bonds. The van der Waals surface area contributed by atoms with Gasteiger partial charge in [-0.2, -0.15) is 0 Å². The zero-order valence-corrected chi connectivity index (χ0v) is 27.8. The van der Waals surface area contributed by atoms with Crippen molar-refractivity contribution in [1.82, 2.24) is 0 Å². The van der Waals surface area contributed by atoms with Gasteiger partial charge in [-0.1, -0.05) is 0 Å². The van der Waals surface area contributed by atoms with E-state index in [1.165, 1.54) is 14.3 Å². The fraction of sp³-hybridized carbons (Fsp3) is 0.333. The average molecular weight is 715 g/mol. The van der Waals surface area contributed by atoms with E-state index in [4.69, 9.17) is 37.9 Å². The average Bonchev–Trinajstić information content (AvgIpc) is 3.95. The van der Waals surface area contributed by atoms with E-state index in [2.05, 4.69) is 97.1 Å². The molecule has 4 aromatic carbocycles. The Balaban J connectivity index is 1.29. The molecule has 0 bridgehead atoms. The summed E-state index contributed by atoms with van der Waals surface area (Å²) in [6.07, 6.45) is -1.31. The molecule has 0 aliphatic carbocycles. The van der Waals surface area contributed by atoms with Crippen molar-refractivity contribution in [2.75, 3.05) is 52.9 Å². The van der Waals surface area contributed by atoms with Crippen LogP contribution in [0.2, 0.25) is 0 Å². The summed E-state index contributed by atoms with van der Waals surface area (Å²) >= 11 is -4.00. The van der Waals surface area contributed by atoms with Crippen LogP contribution in [-0.2, 0) is 37.9 Å². The van der Waals surface area contributed by atoms with Crippen LogP contribution in [0.15, 0.2) is 97.1 Å². The van der Waals surface area contributed by atoms with Gasteiger partial charge in [-0.3, -0.25) is 0 Å². The summed E-state index contributed by atoms with van der Waals surface area (Å²) in [4.78, 5) is 0. The SMILES string of the molecule is c1c[c]([Sn]([c]2ccc(C3OCCO3)cc2)([c]2ccc(C3OCCO3)cc2)[c]2ccc(C3OCCO3)cc2)ccc1C1OCCO1. The van der Waals surface area contributed by atoms with Crippen molar-refractivity contribution in [1.29, 1.82) is 0 Å². The Morgan fingerprint density at radius 2 is 0.467 bits per heavy atom. The van der Waals surface area contributed by atoms with Crippen molar-refractivity contribution in [3.63, 3.8) is 0 Å². The van der Waals surface area contributed by atoms with Gasteiger partial charge in [0.05, 0.1) is 0 Å². The number of hydrogen-bond acceptors (Lipinski definition) is 8. The van der Waals surface area contributed by atoms with Crippen LogP contribution in [0.25, 0.3) is 0 Å². The Morgan fingerprint density at radius 3 is 0.644 bits per heavy atom. The van der Waals surface area contributed by atoms with E-state index < -0.39 is 18.4 Å². The Hall–Kier alpha value is -2.64. The third-order valence-electron chi connectivity index (χ3n) is 8.95. The molecule has 9 heteroatoms. The molecule has 232 valence electrons. The summed E-state index contributed by atoms with van der Waals surface area (Å²) in [5.41, 5.74) is 4.11. The fourth-order valence-electron chi connectivity index (χ4n) is 6.76. The first-order chi connectivity index (χ1) is 22.3. The zero-order valence-electron chi connectivity index (χ0n) is 25.0. The monoisotopic (exact) mass is 716 g/mol. The predicted octanol–water partition coefficient (Wildman–Crippen LogP) is 3.25. The third-order valence-corrected chi connectivity index (χ3v) is 22.6. The molecule has 45 heavy (non-hydrogen) atoms. The van der Waals surface area contributed by atoms with Gasteiger partial charge < -0.3 is 0 Å². The second-order valence-corrected chi connectivity index (χ2v) is 22.4. The molecule has 0 saturated carbocycles. The minimum absolute atomic E-state index is 0.328. The standard InChI is InChI=1S/4C9H9O2.Sn/c4*1-2-4-8(5-3-1)9-10-6-7-11-9;/h4*2-5,9H,6-7H2;. The topological polar surface area (TPSA) is 73.8 Å². The zero-order chi connectivity index (χ0) is 30.1. The summed E-state index contributed by atoms with van der Waals surface area (Å²) < 4.78 is 51.9. The molecule has 4 fully saturated rings. The summed E-state index contributed by atoms with van der Waals surface area (Å²) in [5, 5.41) is 0. The van der Waals surface area contributed by atoms with Gasteiger partial charge in [0, 0.05) is 0 Å². The molecule has 0 aromatic heterocycles. The van der Waals surface area contributed by atoms with Crippen LogP contribution < -0.4 is 14.3 Å². The molecule has 8 rings (SSSR count). The molecule has 4 aliphatic heterocycles. The summed E-state index contributed by atoms with van der Waals surface area (Å²) in [7, 11) is 0. The Kier molecular flexibility index (Phi) is 8.74. The quantitative estimate of drug-likeness (QED) is 0.258. The second-order valence-electron chi connectivity index (χ2n) is 11.5. The molecule has 4 heterocycles. The molecule has 0 atom stereocenters. The Morgan fingerprint density at radius 1 is 0.289 bits per heavy atom. The van der Waals surface area contributed by atoms with Crippen molar-refractivity contribution in [2.24, 2.45) is 0 Å². The Bertz CT molecular complexity index is 1310. The van der Waals surface area contributed by atoms with Crippen LogP contribution >= 0.6 is 0 Å². The van der Waals surface area contributed by atoms with Crippen LogP contribution in [0, 0.1) is 0 Å². The van der Waals surface area contributed by atoms with Gasteiger partial charge in [0.2, 0.25) is 0 Å². The third kappa shape index (κ3) is 5.77. The van der Waals surface area contributed by atoms with Crippen molar-refractivity contribution in [2.45, 2.75) is 25.2 Å². The summed E-state index contributed by atoms with van der Waals surface area (Å²) in [5.74, 6) is 0. The molecule has 4 saturated heterocycles. The van der Waals surface area contributed by atoms with Crippen LogP contribution in [-0.4, -0.2) is 71.2 Å². The van der Waals surface area contributed by atoms with E-state index in [0.29, 0.717) is 52.9 Å². The van der Waals surface area contributed by atoms with E-state index in [0.717, 1.165) is 22.3 Å². The van der Waals surface area contributed by atoms with Crippen molar-refractivity contribution >= 4 is 32.7 Å². The second kappa shape index (κ2) is 13.2. The molecule has 0 radical (unpaired) electrons. The molecule has 0 unspecified atom stereocenters. The molecule has 0 spiro atoms. The van der Waals surface area contributed by atoms with Crippen LogP contribution in [0.4, 0.5) is 0 Å². The van der Waals surface area contributed by atoms with Crippen molar-refractivity contribution in [3.8, 4) is 0 Å². The maximum absolute atomic E-state index is 5.83. The first kappa shape index (κ1) is 29.7. The van der Waals surface area contributed by atoms with Gasteiger partial charge in [-0.05, 0) is 0 Å². The van der Waals surface area contributed by atoms with E-state index in [-0.39, 0.29) is 25.2 Å². The number of benzene rings is 4. The minimum atomic E-state index is -4.00. The van der Waals surface area contributed by atoms with Gasteiger partial charge in [0.15, 0.2) is 0 Å². The van der Waals surface area contributed by atoms with Crippen LogP contribution in [0.5, 0.6) is 0 Å². The van der Waals surface area contributed by atoms with Crippen LogP contribution in [0.3, 0.4) is 0 Å². The van der Waals surface area contributed by atoms with Gasteiger partial charge in [0.1, 0.15) is 0 Å². The molecule has 4 aromatic rings. The normalized spacial score (nSPS) is 20.4. The van der Waals surface area contributed by atoms with Gasteiger partial charge >= 0.3 is 268 Å². The van der Waals surface area contributed by atoms with E-state index in [1.807, 2.05) is 0 Å². The number of hydrogen-bond donors (Lipinski definition) is 0. The maximum atomic E-state index is 5.83. The first-order valence-corrected chi connectivity index (χ1v) is 21.3. The number of ether oxygens (including phenoxy) is 8. The van der Waals surface area contributed by atoms with Gasteiger partial charge in [-0.15, -0.1) is 0 Å². The molecule has 0 N–H and O–H groups in total. The van der Waals surface area contributed by atoms with Gasteiger partial charge in [0.25, 0.3) is 0 Å². The van der Waals surface area contributed by atoms with E-state index >= 15 is 0 Å². The van der Waals surface area contributed by atoms with E-state index in [1.54, 1.807) is 0 Å². The summed E-state index contributed by atoms with van der Waals surface area (Å²) in [6, 6.07) is 35.5.